The monoisotopic (exact) mass is 350 g/mol. The Morgan fingerprint density at radius 3 is 2.33 bits per heavy atom. The Kier molecular flexibility index (Phi) is 3.34. The third-order valence-electron chi connectivity index (χ3n) is 2.70. The van der Waals surface area contributed by atoms with Crippen LogP contribution in [0.4, 0.5) is 4.39 Å². The summed E-state index contributed by atoms with van der Waals surface area (Å²) in [5.41, 5.74) is 0.808. The van der Waals surface area contributed by atoms with Crippen LogP contribution in [0.1, 0.15) is 0 Å². The highest BCUT2D eigenvalue weighted by Gasteiger charge is 2.13. The van der Waals surface area contributed by atoms with Crippen molar-refractivity contribution in [3.8, 4) is 34.3 Å². The molecule has 3 aromatic rings. The van der Waals surface area contributed by atoms with Crippen molar-refractivity contribution in [1.82, 2.24) is 10.1 Å². The Balaban J connectivity index is 2.03. The molecule has 2 aromatic carbocycles. The first kappa shape index (κ1) is 13.6. The minimum atomic E-state index is -0.430. The predicted molar refractivity (Wildman–Crippen MR) is 76.2 cm³/mol. The third-order valence-corrected chi connectivity index (χ3v) is 3.15. The van der Waals surface area contributed by atoms with E-state index in [1.165, 1.54) is 30.3 Å². The van der Waals surface area contributed by atoms with E-state index in [1.54, 1.807) is 6.07 Å². The number of phenols is 2. The summed E-state index contributed by atoms with van der Waals surface area (Å²) in [4.78, 5) is 4.13. The molecule has 106 valence electrons. The molecule has 7 heteroatoms. The molecule has 0 saturated heterocycles. The number of hydrogen-bond donors (Lipinski definition) is 2. The molecule has 2 N–H and O–H groups in total. The van der Waals surface area contributed by atoms with Gasteiger partial charge in [0.05, 0.1) is 0 Å². The van der Waals surface area contributed by atoms with Crippen molar-refractivity contribution >= 4 is 15.9 Å². The van der Waals surface area contributed by atoms with Gasteiger partial charge in [0.15, 0.2) is 0 Å². The van der Waals surface area contributed by atoms with Crippen LogP contribution in [0.3, 0.4) is 0 Å². The molecule has 0 fully saturated rings. The van der Waals surface area contributed by atoms with E-state index in [1.807, 2.05) is 0 Å². The van der Waals surface area contributed by atoms with E-state index in [-0.39, 0.29) is 23.2 Å². The van der Waals surface area contributed by atoms with Gasteiger partial charge in [0.1, 0.15) is 17.3 Å². The molecule has 3 rings (SSSR count). The lowest BCUT2D eigenvalue weighted by atomic mass is 10.2. The molecule has 5 nitrogen and oxygen atoms in total. The lowest BCUT2D eigenvalue weighted by molar-refractivity contribution is 0.428. The summed E-state index contributed by atoms with van der Waals surface area (Å²) in [6.07, 6.45) is 0. The Morgan fingerprint density at radius 1 is 0.952 bits per heavy atom. The fraction of sp³-hybridized carbons (Fsp3) is 0. The van der Waals surface area contributed by atoms with Crippen molar-refractivity contribution < 1.29 is 19.1 Å². The average Bonchev–Trinajstić information content (AvgIpc) is 2.85. The van der Waals surface area contributed by atoms with Crippen LogP contribution in [0, 0.1) is 5.82 Å². The number of halogens is 2. The van der Waals surface area contributed by atoms with Crippen LogP contribution < -0.4 is 0 Å². The molecule has 0 aliphatic heterocycles. The summed E-state index contributed by atoms with van der Waals surface area (Å²) in [5, 5.41) is 22.7. The highest BCUT2D eigenvalue weighted by Crippen LogP contribution is 2.29. The van der Waals surface area contributed by atoms with Crippen molar-refractivity contribution in [2.24, 2.45) is 0 Å². The van der Waals surface area contributed by atoms with Gasteiger partial charge < -0.3 is 14.7 Å². The van der Waals surface area contributed by atoms with Crippen LogP contribution in [0.25, 0.3) is 22.8 Å². The second-order valence-electron chi connectivity index (χ2n) is 4.32. The highest BCUT2D eigenvalue weighted by molar-refractivity contribution is 9.10. The summed E-state index contributed by atoms with van der Waals surface area (Å²) in [6.45, 7) is 0. The zero-order valence-corrected chi connectivity index (χ0v) is 12.0. The van der Waals surface area contributed by atoms with Crippen LogP contribution >= 0.6 is 15.9 Å². The number of phenolic OH excluding ortho intramolecular Hbond substituents is 2. The van der Waals surface area contributed by atoms with Gasteiger partial charge in [-0.05, 0) is 30.3 Å². The predicted octanol–water partition coefficient (Wildman–Crippen LogP) is 3.72. The van der Waals surface area contributed by atoms with Gasteiger partial charge in [0.2, 0.25) is 5.82 Å². The van der Waals surface area contributed by atoms with E-state index >= 15 is 0 Å². The summed E-state index contributed by atoms with van der Waals surface area (Å²) >= 11 is 3.19. The molecule has 0 radical (unpaired) electrons. The van der Waals surface area contributed by atoms with Gasteiger partial charge >= 0.3 is 0 Å². The molecule has 0 amide bonds. The Hall–Kier alpha value is -2.41. The Labute approximate surface area is 126 Å². The first-order valence-electron chi connectivity index (χ1n) is 5.85. The van der Waals surface area contributed by atoms with Crippen molar-refractivity contribution in [1.29, 1.82) is 0 Å². The van der Waals surface area contributed by atoms with E-state index in [0.29, 0.717) is 15.6 Å². The topological polar surface area (TPSA) is 79.4 Å². The van der Waals surface area contributed by atoms with Crippen molar-refractivity contribution in [2.75, 3.05) is 0 Å². The zero-order chi connectivity index (χ0) is 15.0. The Morgan fingerprint density at radius 2 is 1.67 bits per heavy atom. The van der Waals surface area contributed by atoms with Crippen LogP contribution in [0.15, 0.2) is 45.4 Å². The minimum absolute atomic E-state index is 0.108. The third kappa shape index (κ3) is 2.87. The van der Waals surface area contributed by atoms with Crippen LogP contribution in [-0.2, 0) is 0 Å². The number of aromatic hydroxyl groups is 2. The van der Waals surface area contributed by atoms with Gasteiger partial charge in [0, 0.05) is 21.7 Å². The molecule has 1 aromatic heterocycles. The van der Waals surface area contributed by atoms with Gasteiger partial charge in [-0.1, -0.05) is 21.1 Å². The van der Waals surface area contributed by atoms with Gasteiger partial charge in [0.25, 0.3) is 5.89 Å². The number of rotatable bonds is 2. The largest absolute Gasteiger partial charge is 0.508 e. The first-order valence-corrected chi connectivity index (χ1v) is 6.64. The molecule has 0 saturated carbocycles. The quantitative estimate of drug-likeness (QED) is 0.736. The highest BCUT2D eigenvalue weighted by atomic mass is 79.9. The van der Waals surface area contributed by atoms with Crippen LogP contribution in [0.5, 0.6) is 11.5 Å². The molecule has 0 atom stereocenters. The number of aromatic nitrogens is 2. The van der Waals surface area contributed by atoms with E-state index in [4.69, 9.17) is 4.52 Å². The molecule has 1 heterocycles. The van der Waals surface area contributed by atoms with E-state index < -0.39 is 5.82 Å². The number of nitrogens with zero attached hydrogens (tertiary/aromatic N) is 2. The van der Waals surface area contributed by atoms with Crippen LogP contribution in [-0.4, -0.2) is 20.4 Å². The van der Waals surface area contributed by atoms with Gasteiger partial charge in [-0.25, -0.2) is 4.39 Å². The maximum atomic E-state index is 13.4. The fourth-order valence-electron chi connectivity index (χ4n) is 1.86. The van der Waals surface area contributed by atoms with E-state index in [2.05, 4.69) is 26.1 Å². The number of hydrogen-bond acceptors (Lipinski definition) is 5. The molecular weight excluding hydrogens is 343 g/mol. The lowest BCUT2D eigenvalue weighted by Gasteiger charge is -1.98. The Bertz CT molecular complexity index is 713. The maximum absolute atomic E-state index is 13.4. The van der Waals surface area contributed by atoms with Gasteiger partial charge in [-0.3, -0.25) is 0 Å². The molecule has 0 aliphatic rings. The average molecular weight is 351 g/mol. The summed E-state index contributed by atoms with van der Waals surface area (Å²) in [5.74, 6) is -0.373. The molecule has 0 bridgehead atoms. The standard InChI is InChI=1S/C14H8BrFN2O3/c15-9-1-7(2-10(16)5-9)13-17-14(21-18-13)8-3-11(19)6-12(20)4-8/h1-6,19-20H. The molecule has 0 aliphatic carbocycles. The molecule has 21 heavy (non-hydrogen) atoms. The summed E-state index contributed by atoms with van der Waals surface area (Å²) in [6, 6.07) is 8.18. The summed E-state index contributed by atoms with van der Waals surface area (Å²) < 4.78 is 19.0. The van der Waals surface area contributed by atoms with Gasteiger partial charge in [-0.2, -0.15) is 4.98 Å². The fourth-order valence-corrected chi connectivity index (χ4v) is 2.32. The second kappa shape index (κ2) is 5.17. The van der Waals surface area contributed by atoms with Crippen molar-refractivity contribution in [2.45, 2.75) is 0 Å². The number of benzene rings is 2. The SMILES string of the molecule is Oc1cc(O)cc(-c2nc(-c3cc(F)cc(Br)c3)no2)c1. The van der Waals surface area contributed by atoms with E-state index in [0.717, 1.165) is 0 Å². The van der Waals surface area contributed by atoms with Crippen LogP contribution in [0.2, 0.25) is 0 Å². The zero-order valence-electron chi connectivity index (χ0n) is 10.4. The first-order chi connectivity index (χ1) is 10.0. The molecular formula is C14H8BrFN2O3. The van der Waals surface area contributed by atoms with Crippen molar-refractivity contribution in [3.05, 3.63) is 46.7 Å². The minimum Gasteiger partial charge on any atom is -0.508 e. The van der Waals surface area contributed by atoms with Gasteiger partial charge in [-0.15, -0.1) is 0 Å². The molecule has 0 spiro atoms. The second-order valence-corrected chi connectivity index (χ2v) is 5.24. The smallest absolute Gasteiger partial charge is 0.258 e. The summed E-state index contributed by atoms with van der Waals surface area (Å²) in [7, 11) is 0. The maximum Gasteiger partial charge on any atom is 0.258 e. The lowest BCUT2D eigenvalue weighted by Crippen LogP contribution is -1.84. The van der Waals surface area contributed by atoms with Crippen molar-refractivity contribution in [3.63, 3.8) is 0 Å². The normalized spacial score (nSPS) is 10.8. The van der Waals surface area contributed by atoms with E-state index in [9.17, 15) is 14.6 Å². The molecule has 0 unspecified atom stereocenters.